The molecule has 1 aromatic heterocycles. The van der Waals surface area contributed by atoms with E-state index in [4.69, 9.17) is 4.52 Å². The Bertz CT molecular complexity index is 891. The minimum Gasteiger partial charge on any atom is -0.361 e. The van der Waals surface area contributed by atoms with Crippen molar-refractivity contribution in [3.63, 3.8) is 0 Å². The number of nitrogens with one attached hydrogen (secondary N) is 1. The zero-order valence-corrected chi connectivity index (χ0v) is 18.5. The van der Waals surface area contributed by atoms with Gasteiger partial charge in [-0.25, -0.2) is 0 Å². The normalized spacial score (nSPS) is 23.2. The molecule has 1 saturated carbocycles. The zero-order valence-electron chi connectivity index (χ0n) is 18.5. The number of carbonyl (C=O) groups excluding carboxylic acids is 2. The molecule has 2 atom stereocenters. The molecule has 4 rings (SSSR count). The van der Waals surface area contributed by atoms with Crippen molar-refractivity contribution >= 4 is 11.8 Å². The van der Waals surface area contributed by atoms with Crippen molar-refractivity contribution in [1.82, 2.24) is 20.3 Å². The third kappa shape index (κ3) is 4.82. The molecule has 1 aromatic carbocycles. The van der Waals surface area contributed by atoms with Gasteiger partial charge in [-0.2, -0.15) is 0 Å². The van der Waals surface area contributed by atoms with Gasteiger partial charge < -0.3 is 14.7 Å². The lowest BCUT2D eigenvalue weighted by molar-refractivity contribution is -0.126. The number of hydrogen-bond acceptors (Lipinski definition) is 5. The van der Waals surface area contributed by atoms with Gasteiger partial charge in [0.25, 0.3) is 5.91 Å². The molecule has 2 aromatic rings. The smallest absolute Gasteiger partial charge is 0.254 e. The van der Waals surface area contributed by atoms with Crippen molar-refractivity contribution in [1.29, 1.82) is 0 Å². The molecule has 1 saturated heterocycles. The van der Waals surface area contributed by atoms with E-state index in [9.17, 15) is 9.59 Å². The lowest BCUT2D eigenvalue weighted by Gasteiger charge is -2.33. The molecule has 0 bridgehead atoms. The summed E-state index contributed by atoms with van der Waals surface area (Å²) in [6, 6.07) is 9.40. The summed E-state index contributed by atoms with van der Waals surface area (Å²) in [7, 11) is 0. The van der Waals surface area contributed by atoms with Crippen LogP contribution in [0.5, 0.6) is 0 Å². The first-order chi connectivity index (χ1) is 15.0. The summed E-state index contributed by atoms with van der Waals surface area (Å²) in [6.45, 7) is 7.50. The summed E-state index contributed by atoms with van der Waals surface area (Å²) < 4.78 is 5.32. The van der Waals surface area contributed by atoms with Crippen LogP contribution < -0.4 is 5.32 Å². The van der Waals surface area contributed by atoms with Crippen LogP contribution in [0.1, 0.15) is 53.1 Å². The van der Waals surface area contributed by atoms with Crippen LogP contribution >= 0.6 is 0 Å². The summed E-state index contributed by atoms with van der Waals surface area (Å²) in [5, 5.41) is 7.20. The number of amides is 2. The number of benzene rings is 1. The van der Waals surface area contributed by atoms with Gasteiger partial charge in [0.05, 0.1) is 11.6 Å². The van der Waals surface area contributed by atoms with Crippen LogP contribution in [-0.4, -0.2) is 59.0 Å². The van der Waals surface area contributed by atoms with Gasteiger partial charge in [0.1, 0.15) is 5.76 Å². The van der Waals surface area contributed by atoms with Gasteiger partial charge in [-0.3, -0.25) is 14.5 Å². The minimum absolute atomic E-state index is 0.0261. The summed E-state index contributed by atoms with van der Waals surface area (Å²) in [5.74, 6) is 0.822. The van der Waals surface area contributed by atoms with Crippen molar-refractivity contribution in [2.45, 2.75) is 52.1 Å². The molecular weight excluding hydrogens is 392 g/mol. The molecule has 7 nitrogen and oxygen atoms in total. The Morgan fingerprint density at radius 1 is 1.13 bits per heavy atom. The van der Waals surface area contributed by atoms with E-state index in [1.165, 1.54) is 0 Å². The quantitative estimate of drug-likeness (QED) is 0.820. The fourth-order valence-corrected chi connectivity index (χ4v) is 4.94. The fraction of sp³-hybridized carbons (Fsp3) is 0.542. The predicted molar refractivity (Wildman–Crippen MR) is 117 cm³/mol. The second-order valence-electron chi connectivity index (χ2n) is 8.69. The molecule has 2 fully saturated rings. The van der Waals surface area contributed by atoms with E-state index in [0.29, 0.717) is 18.7 Å². The van der Waals surface area contributed by atoms with E-state index in [-0.39, 0.29) is 23.8 Å². The van der Waals surface area contributed by atoms with Gasteiger partial charge in [0.15, 0.2) is 0 Å². The third-order valence-corrected chi connectivity index (χ3v) is 6.66. The van der Waals surface area contributed by atoms with Crippen molar-refractivity contribution in [2.75, 3.05) is 26.2 Å². The van der Waals surface area contributed by atoms with Crippen molar-refractivity contribution in [3.05, 3.63) is 52.9 Å². The molecule has 1 aliphatic heterocycles. The van der Waals surface area contributed by atoms with Crippen LogP contribution in [0, 0.1) is 19.8 Å². The molecule has 1 N–H and O–H groups in total. The molecule has 1 aliphatic carbocycles. The molecule has 166 valence electrons. The Morgan fingerprint density at radius 3 is 2.68 bits per heavy atom. The molecular formula is C24H32N4O3. The highest BCUT2D eigenvalue weighted by Gasteiger charge is 2.39. The van der Waals surface area contributed by atoms with E-state index in [1.807, 2.05) is 49.1 Å². The van der Waals surface area contributed by atoms with E-state index in [0.717, 1.165) is 62.3 Å². The van der Waals surface area contributed by atoms with Crippen LogP contribution in [-0.2, 0) is 11.3 Å². The molecule has 0 spiro atoms. The van der Waals surface area contributed by atoms with Crippen LogP contribution in [0.3, 0.4) is 0 Å². The molecule has 2 amide bonds. The van der Waals surface area contributed by atoms with E-state index in [1.54, 1.807) is 0 Å². The second kappa shape index (κ2) is 9.64. The van der Waals surface area contributed by atoms with Gasteiger partial charge in [0.2, 0.25) is 5.91 Å². The van der Waals surface area contributed by atoms with Crippen LogP contribution in [0.2, 0.25) is 0 Å². The van der Waals surface area contributed by atoms with Crippen molar-refractivity contribution in [2.24, 2.45) is 5.92 Å². The molecule has 31 heavy (non-hydrogen) atoms. The Balaban J connectivity index is 1.54. The maximum absolute atomic E-state index is 13.4. The first-order valence-corrected chi connectivity index (χ1v) is 11.3. The predicted octanol–water partition coefficient (Wildman–Crippen LogP) is 2.92. The average molecular weight is 425 g/mol. The van der Waals surface area contributed by atoms with E-state index < -0.39 is 0 Å². The number of nitrogens with zero attached hydrogens (tertiary/aromatic N) is 3. The first kappa shape index (κ1) is 21.6. The van der Waals surface area contributed by atoms with Gasteiger partial charge in [-0.15, -0.1) is 0 Å². The highest BCUT2D eigenvalue weighted by atomic mass is 16.5. The van der Waals surface area contributed by atoms with Crippen molar-refractivity contribution in [3.8, 4) is 0 Å². The molecule has 0 radical (unpaired) electrons. The third-order valence-electron chi connectivity index (χ3n) is 6.66. The molecule has 2 aliphatic rings. The highest BCUT2D eigenvalue weighted by Crippen LogP contribution is 2.31. The Labute approximate surface area is 183 Å². The number of hydrogen-bond donors (Lipinski definition) is 1. The van der Waals surface area contributed by atoms with Crippen LogP contribution in [0.15, 0.2) is 34.9 Å². The largest absolute Gasteiger partial charge is 0.361 e. The van der Waals surface area contributed by atoms with E-state index in [2.05, 4.69) is 15.4 Å². The topological polar surface area (TPSA) is 78.7 Å². The monoisotopic (exact) mass is 424 g/mol. The fourth-order valence-electron chi connectivity index (χ4n) is 4.94. The highest BCUT2D eigenvalue weighted by molar-refractivity contribution is 5.95. The van der Waals surface area contributed by atoms with Gasteiger partial charge in [0, 0.05) is 49.9 Å². The molecule has 2 heterocycles. The van der Waals surface area contributed by atoms with E-state index >= 15 is 0 Å². The lowest BCUT2D eigenvalue weighted by atomic mass is 9.99. The standard InChI is InChI=1S/C24H32N4O3/c1-17-21(18(2)31-26-17)16-27-13-7-14-28(24(30)19-8-4-3-5-9-19)22-11-6-10-20(22)23(29)25-12-15-27/h3-5,8-9,20,22H,6-7,10-16H2,1-2H3,(H,25,29)/t20-,22+/m1/s1. The number of aryl methyl sites for hydroxylation is 2. The minimum atomic E-state index is -0.123. The summed E-state index contributed by atoms with van der Waals surface area (Å²) >= 11 is 0. The zero-order chi connectivity index (χ0) is 21.8. The summed E-state index contributed by atoms with van der Waals surface area (Å²) in [6.07, 6.45) is 3.58. The second-order valence-corrected chi connectivity index (χ2v) is 8.69. The number of rotatable bonds is 3. The Hall–Kier alpha value is -2.67. The van der Waals surface area contributed by atoms with Gasteiger partial charge in [-0.05, 0) is 45.2 Å². The Morgan fingerprint density at radius 2 is 1.94 bits per heavy atom. The maximum Gasteiger partial charge on any atom is 0.254 e. The first-order valence-electron chi connectivity index (χ1n) is 11.3. The maximum atomic E-state index is 13.4. The van der Waals surface area contributed by atoms with Gasteiger partial charge in [-0.1, -0.05) is 29.8 Å². The lowest BCUT2D eigenvalue weighted by Crippen LogP contribution is -2.47. The summed E-state index contributed by atoms with van der Waals surface area (Å²) in [5.41, 5.74) is 2.71. The SMILES string of the molecule is Cc1noc(C)c1CN1CCCN(C(=O)c2ccccc2)[C@H]2CCC[C@H]2C(=O)NCC1. The summed E-state index contributed by atoms with van der Waals surface area (Å²) in [4.78, 5) is 30.6. The van der Waals surface area contributed by atoms with Crippen molar-refractivity contribution < 1.29 is 14.1 Å². The molecule has 0 unspecified atom stereocenters. The average Bonchev–Trinajstić information content (AvgIpc) is 3.38. The van der Waals surface area contributed by atoms with Crippen LogP contribution in [0.4, 0.5) is 0 Å². The van der Waals surface area contributed by atoms with Crippen LogP contribution in [0.25, 0.3) is 0 Å². The Kier molecular flexibility index (Phi) is 6.70. The number of aromatic nitrogens is 1. The van der Waals surface area contributed by atoms with Gasteiger partial charge >= 0.3 is 0 Å². The molecule has 7 heteroatoms. The number of carbonyl (C=O) groups is 2. The number of fused-ring (bicyclic) bond motifs is 1.